The number of piperazine rings is 1. The van der Waals surface area contributed by atoms with Crippen molar-refractivity contribution in [3.05, 3.63) is 34.9 Å². The van der Waals surface area contributed by atoms with Crippen LogP contribution >= 0.6 is 11.6 Å². The molecule has 16 heavy (non-hydrogen) atoms. The van der Waals surface area contributed by atoms with Crippen LogP contribution in [0.25, 0.3) is 0 Å². The van der Waals surface area contributed by atoms with E-state index in [0.717, 1.165) is 37.7 Å². The van der Waals surface area contributed by atoms with Crippen LogP contribution in [-0.2, 0) is 6.54 Å². The van der Waals surface area contributed by atoms with Crippen LogP contribution in [0.5, 0.6) is 0 Å². The van der Waals surface area contributed by atoms with Gasteiger partial charge in [-0.2, -0.15) is 0 Å². The van der Waals surface area contributed by atoms with Crippen molar-refractivity contribution < 1.29 is 0 Å². The molecule has 0 radical (unpaired) electrons. The lowest BCUT2D eigenvalue weighted by Gasteiger charge is -2.24. The molecule has 1 aliphatic rings. The summed E-state index contributed by atoms with van der Waals surface area (Å²) in [5.41, 5.74) is 1.23. The first-order valence-electron chi connectivity index (χ1n) is 5.74. The summed E-state index contributed by atoms with van der Waals surface area (Å²) in [4.78, 5) is 0. The first-order chi connectivity index (χ1) is 7.84. The smallest absolute Gasteiger partial charge is 0.0409 e. The third-order valence-corrected chi connectivity index (χ3v) is 2.97. The summed E-state index contributed by atoms with van der Waals surface area (Å²) in [5.74, 6) is 0. The molecule has 1 heterocycles. The Hall–Kier alpha value is -0.610. The summed E-state index contributed by atoms with van der Waals surface area (Å²) in [5, 5.41) is 11.1. The zero-order valence-electron chi connectivity index (χ0n) is 9.30. The summed E-state index contributed by atoms with van der Waals surface area (Å²) >= 11 is 5.92. The van der Waals surface area contributed by atoms with Crippen LogP contribution < -0.4 is 16.0 Å². The molecule has 4 heteroatoms. The number of hydrogen-bond acceptors (Lipinski definition) is 3. The second-order valence-electron chi connectivity index (χ2n) is 4.12. The topological polar surface area (TPSA) is 36.1 Å². The van der Waals surface area contributed by atoms with E-state index in [1.165, 1.54) is 5.56 Å². The molecule has 0 saturated carbocycles. The van der Waals surface area contributed by atoms with Gasteiger partial charge in [-0.05, 0) is 17.7 Å². The quantitative estimate of drug-likeness (QED) is 0.734. The predicted molar refractivity (Wildman–Crippen MR) is 67.8 cm³/mol. The normalized spacial score (nSPS) is 20.9. The Bertz CT molecular complexity index is 324. The van der Waals surface area contributed by atoms with Gasteiger partial charge in [-0.15, -0.1) is 0 Å². The van der Waals surface area contributed by atoms with Crippen molar-refractivity contribution in [2.75, 3.05) is 26.2 Å². The molecule has 2 rings (SSSR count). The first kappa shape index (κ1) is 11.9. The van der Waals surface area contributed by atoms with Crippen LogP contribution in [-0.4, -0.2) is 32.2 Å². The average molecular weight is 240 g/mol. The Balaban J connectivity index is 1.71. The average Bonchev–Trinajstić information content (AvgIpc) is 2.30. The van der Waals surface area contributed by atoms with Crippen molar-refractivity contribution in [1.82, 2.24) is 16.0 Å². The van der Waals surface area contributed by atoms with Crippen LogP contribution in [0.2, 0.25) is 5.02 Å². The lowest BCUT2D eigenvalue weighted by molar-refractivity contribution is 0.399. The lowest BCUT2D eigenvalue weighted by atomic mass is 10.2. The van der Waals surface area contributed by atoms with Gasteiger partial charge in [0.05, 0.1) is 0 Å². The van der Waals surface area contributed by atoms with Crippen molar-refractivity contribution >= 4 is 11.6 Å². The lowest BCUT2D eigenvalue weighted by Crippen LogP contribution is -2.52. The van der Waals surface area contributed by atoms with Crippen LogP contribution in [0, 0.1) is 0 Å². The molecule has 0 bridgehead atoms. The summed E-state index contributed by atoms with van der Waals surface area (Å²) in [6.07, 6.45) is 0. The van der Waals surface area contributed by atoms with Gasteiger partial charge in [0.2, 0.25) is 0 Å². The molecule has 1 atom stereocenters. The van der Waals surface area contributed by atoms with Gasteiger partial charge in [-0.25, -0.2) is 0 Å². The van der Waals surface area contributed by atoms with Crippen molar-refractivity contribution in [3.8, 4) is 0 Å². The zero-order chi connectivity index (χ0) is 11.2. The Morgan fingerprint density at radius 1 is 1.38 bits per heavy atom. The van der Waals surface area contributed by atoms with E-state index < -0.39 is 0 Å². The molecule has 1 aromatic carbocycles. The molecule has 3 N–H and O–H groups in total. The van der Waals surface area contributed by atoms with E-state index in [0.29, 0.717) is 6.04 Å². The van der Waals surface area contributed by atoms with Crippen LogP contribution in [0.3, 0.4) is 0 Å². The van der Waals surface area contributed by atoms with E-state index in [2.05, 4.69) is 22.0 Å². The van der Waals surface area contributed by atoms with Crippen LogP contribution in [0.4, 0.5) is 0 Å². The van der Waals surface area contributed by atoms with Gasteiger partial charge in [0, 0.05) is 43.8 Å². The van der Waals surface area contributed by atoms with Crippen molar-refractivity contribution in [1.29, 1.82) is 0 Å². The highest BCUT2D eigenvalue weighted by Crippen LogP contribution is 2.10. The Morgan fingerprint density at radius 3 is 3.06 bits per heavy atom. The van der Waals surface area contributed by atoms with Gasteiger partial charge in [0.15, 0.2) is 0 Å². The number of rotatable bonds is 4. The van der Waals surface area contributed by atoms with Crippen molar-refractivity contribution in [2.24, 2.45) is 0 Å². The van der Waals surface area contributed by atoms with E-state index in [1.807, 2.05) is 18.2 Å². The van der Waals surface area contributed by atoms with Gasteiger partial charge in [-0.1, -0.05) is 23.7 Å². The van der Waals surface area contributed by atoms with Crippen LogP contribution in [0.1, 0.15) is 5.56 Å². The predicted octanol–water partition coefficient (Wildman–Crippen LogP) is 0.991. The molecule has 0 aromatic heterocycles. The minimum Gasteiger partial charge on any atom is -0.314 e. The van der Waals surface area contributed by atoms with Gasteiger partial charge in [-0.3, -0.25) is 0 Å². The zero-order valence-corrected chi connectivity index (χ0v) is 10.1. The van der Waals surface area contributed by atoms with Gasteiger partial charge in [0.1, 0.15) is 0 Å². The molecule has 3 nitrogen and oxygen atoms in total. The molecule has 1 aromatic rings. The summed E-state index contributed by atoms with van der Waals surface area (Å²) in [6.45, 7) is 5.04. The first-order valence-corrected chi connectivity index (χ1v) is 6.11. The maximum Gasteiger partial charge on any atom is 0.0409 e. The van der Waals surface area contributed by atoms with Crippen LogP contribution in [0.15, 0.2) is 24.3 Å². The van der Waals surface area contributed by atoms with Crippen molar-refractivity contribution in [2.45, 2.75) is 12.6 Å². The highest BCUT2D eigenvalue weighted by molar-refractivity contribution is 6.30. The van der Waals surface area contributed by atoms with E-state index in [-0.39, 0.29) is 0 Å². The fourth-order valence-corrected chi connectivity index (χ4v) is 2.11. The fourth-order valence-electron chi connectivity index (χ4n) is 1.90. The van der Waals surface area contributed by atoms with Gasteiger partial charge >= 0.3 is 0 Å². The Kier molecular flexibility index (Phi) is 4.60. The largest absolute Gasteiger partial charge is 0.314 e. The SMILES string of the molecule is Clc1cccc(CNCC2CNCCN2)c1. The standard InChI is InChI=1S/C12H18ClN3/c13-11-3-1-2-10(6-11)7-15-9-12-8-14-4-5-16-12/h1-3,6,12,14-16H,4-5,7-9H2. The summed E-state index contributed by atoms with van der Waals surface area (Å²) < 4.78 is 0. The second-order valence-corrected chi connectivity index (χ2v) is 4.55. The summed E-state index contributed by atoms with van der Waals surface area (Å²) in [6, 6.07) is 8.51. The molecule has 0 amide bonds. The van der Waals surface area contributed by atoms with Gasteiger partial charge < -0.3 is 16.0 Å². The Morgan fingerprint density at radius 2 is 2.31 bits per heavy atom. The number of nitrogens with one attached hydrogen (secondary N) is 3. The third-order valence-electron chi connectivity index (χ3n) is 2.73. The molecule has 1 aliphatic heterocycles. The second kappa shape index (κ2) is 6.21. The molecular formula is C12H18ClN3. The van der Waals surface area contributed by atoms with Crippen molar-refractivity contribution in [3.63, 3.8) is 0 Å². The maximum atomic E-state index is 5.92. The van der Waals surface area contributed by atoms with E-state index in [9.17, 15) is 0 Å². The van der Waals surface area contributed by atoms with E-state index in [1.54, 1.807) is 0 Å². The monoisotopic (exact) mass is 239 g/mol. The minimum absolute atomic E-state index is 0.535. The minimum atomic E-state index is 0.535. The molecule has 1 saturated heterocycles. The number of benzene rings is 1. The molecule has 1 fully saturated rings. The summed E-state index contributed by atoms with van der Waals surface area (Å²) in [7, 11) is 0. The molecule has 0 aliphatic carbocycles. The number of hydrogen-bond donors (Lipinski definition) is 3. The third kappa shape index (κ3) is 3.76. The molecule has 88 valence electrons. The van der Waals surface area contributed by atoms with E-state index >= 15 is 0 Å². The highest BCUT2D eigenvalue weighted by atomic mass is 35.5. The molecular weight excluding hydrogens is 222 g/mol. The Labute approximate surface area is 102 Å². The highest BCUT2D eigenvalue weighted by Gasteiger charge is 2.10. The molecule has 1 unspecified atom stereocenters. The fraction of sp³-hybridized carbons (Fsp3) is 0.500. The number of halogens is 1. The maximum absolute atomic E-state index is 5.92. The molecule has 0 spiro atoms. The van der Waals surface area contributed by atoms with E-state index in [4.69, 9.17) is 11.6 Å². The van der Waals surface area contributed by atoms with Gasteiger partial charge in [0.25, 0.3) is 0 Å².